The van der Waals surface area contributed by atoms with Gasteiger partial charge in [-0.3, -0.25) is 0 Å². The van der Waals surface area contributed by atoms with E-state index in [1.54, 1.807) is 4.68 Å². The van der Waals surface area contributed by atoms with Crippen LogP contribution in [0.2, 0.25) is 0 Å². The Morgan fingerprint density at radius 2 is 2.05 bits per heavy atom. The Bertz CT molecular complexity index is 569. The van der Waals surface area contributed by atoms with Gasteiger partial charge in [0.15, 0.2) is 0 Å². The summed E-state index contributed by atoms with van der Waals surface area (Å²) < 4.78 is 2.87. The minimum Gasteiger partial charge on any atom is -0.306 e. The molecule has 0 bridgehead atoms. The van der Waals surface area contributed by atoms with Gasteiger partial charge in [-0.2, -0.15) is 0 Å². The topological polar surface area (TPSA) is 42.7 Å². The van der Waals surface area contributed by atoms with Crippen molar-refractivity contribution in [2.75, 3.05) is 0 Å². The molecule has 0 aliphatic carbocycles. The standard InChI is InChI=1S/C14H19BrN4/c1-10-5-6-12(7-13(10)15)19-9-11(17-18-19)8-16-14(2,3)4/h5-7,9,16H,8H2,1-4H3. The molecule has 2 rings (SSSR count). The van der Waals surface area contributed by atoms with Crippen molar-refractivity contribution in [1.82, 2.24) is 20.3 Å². The lowest BCUT2D eigenvalue weighted by Gasteiger charge is -2.19. The highest BCUT2D eigenvalue weighted by molar-refractivity contribution is 9.10. The van der Waals surface area contributed by atoms with Crippen LogP contribution in [0.3, 0.4) is 0 Å². The highest BCUT2D eigenvalue weighted by Crippen LogP contribution is 2.19. The number of nitrogens with one attached hydrogen (secondary N) is 1. The smallest absolute Gasteiger partial charge is 0.0969 e. The van der Waals surface area contributed by atoms with Crippen molar-refractivity contribution in [1.29, 1.82) is 0 Å². The van der Waals surface area contributed by atoms with Crippen LogP contribution in [-0.2, 0) is 6.54 Å². The van der Waals surface area contributed by atoms with Gasteiger partial charge in [-0.25, -0.2) is 4.68 Å². The number of nitrogens with zero attached hydrogens (tertiary/aromatic N) is 3. The molecular weight excluding hydrogens is 304 g/mol. The van der Waals surface area contributed by atoms with Gasteiger partial charge >= 0.3 is 0 Å². The fraction of sp³-hybridized carbons (Fsp3) is 0.429. The normalized spacial score (nSPS) is 11.8. The van der Waals surface area contributed by atoms with Gasteiger partial charge in [0.05, 0.1) is 17.6 Å². The summed E-state index contributed by atoms with van der Waals surface area (Å²) in [6.07, 6.45) is 1.95. The van der Waals surface area contributed by atoms with Crippen molar-refractivity contribution < 1.29 is 0 Å². The number of halogens is 1. The zero-order valence-corrected chi connectivity index (χ0v) is 13.3. The average Bonchev–Trinajstić information content (AvgIpc) is 2.78. The second-order valence-corrected chi connectivity index (χ2v) is 6.55. The third kappa shape index (κ3) is 3.88. The highest BCUT2D eigenvalue weighted by Gasteiger charge is 2.10. The highest BCUT2D eigenvalue weighted by atomic mass is 79.9. The summed E-state index contributed by atoms with van der Waals surface area (Å²) >= 11 is 3.53. The van der Waals surface area contributed by atoms with Crippen molar-refractivity contribution in [3.63, 3.8) is 0 Å². The van der Waals surface area contributed by atoms with E-state index in [2.05, 4.69) is 65.3 Å². The predicted octanol–water partition coefficient (Wildman–Crippen LogP) is 3.23. The van der Waals surface area contributed by atoms with Gasteiger partial charge in [-0.15, -0.1) is 5.10 Å². The molecular formula is C14H19BrN4. The third-order valence-corrected chi connectivity index (χ3v) is 3.61. The molecule has 0 spiro atoms. The SMILES string of the molecule is Cc1ccc(-n2cc(CNC(C)(C)C)nn2)cc1Br. The molecule has 0 unspecified atom stereocenters. The number of hydrogen-bond donors (Lipinski definition) is 1. The van der Waals surface area contributed by atoms with Gasteiger partial charge in [0, 0.05) is 16.6 Å². The molecule has 0 amide bonds. The lowest BCUT2D eigenvalue weighted by atomic mass is 10.1. The van der Waals surface area contributed by atoms with Crippen LogP contribution in [0.4, 0.5) is 0 Å². The number of aromatic nitrogens is 3. The van der Waals surface area contributed by atoms with Gasteiger partial charge < -0.3 is 5.32 Å². The predicted molar refractivity (Wildman–Crippen MR) is 80.4 cm³/mol. The summed E-state index contributed by atoms with van der Waals surface area (Å²) in [5, 5.41) is 11.7. The van der Waals surface area contributed by atoms with E-state index in [1.807, 2.05) is 18.3 Å². The maximum Gasteiger partial charge on any atom is 0.0969 e. The first-order chi connectivity index (χ1) is 8.85. The summed E-state index contributed by atoms with van der Waals surface area (Å²) in [5.41, 5.74) is 3.23. The van der Waals surface area contributed by atoms with Crippen LogP contribution >= 0.6 is 15.9 Å². The maximum absolute atomic E-state index is 4.18. The van der Waals surface area contributed by atoms with Crippen LogP contribution in [-0.4, -0.2) is 20.5 Å². The Balaban J connectivity index is 2.14. The molecule has 1 aromatic heterocycles. The molecule has 0 saturated carbocycles. The lowest BCUT2D eigenvalue weighted by molar-refractivity contribution is 0.421. The zero-order valence-electron chi connectivity index (χ0n) is 11.7. The first kappa shape index (κ1) is 14.2. The van der Waals surface area contributed by atoms with Gasteiger partial charge in [0.1, 0.15) is 0 Å². The van der Waals surface area contributed by atoms with E-state index in [0.717, 1.165) is 22.4 Å². The molecule has 0 aliphatic rings. The number of aryl methyl sites for hydroxylation is 1. The summed E-state index contributed by atoms with van der Waals surface area (Å²) in [4.78, 5) is 0. The minimum atomic E-state index is 0.0800. The quantitative estimate of drug-likeness (QED) is 0.943. The Hall–Kier alpha value is -1.20. The fourth-order valence-electron chi connectivity index (χ4n) is 1.59. The number of hydrogen-bond acceptors (Lipinski definition) is 3. The Kier molecular flexibility index (Phi) is 4.06. The van der Waals surface area contributed by atoms with E-state index in [1.165, 1.54) is 5.56 Å². The first-order valence-electron chi connectivity index (χ1n) is 6.28. The van der Waals surface area contributed by atoms with Crippen molar-refractivity contribution in [2.45, 2.75) is 39.8 Å². The Labute approximate surface area is 122 Å². The molecule has 2 aromatic rings. The maximum atomic E-state index is 4.18. The zero-order chi connectivity index (χ0) is 14.0. The van der Waals surface area contributed by atoms with Crippen LogP contribution in [0.25, 0.3) is 5.69 Å². The van der Waals surface area contributed by atoms with E-state index in [4.69, 9.17) is 0 Å². The van der Waals surface area contributed by atoms with Crippen LogP contribution in [0.5, 0.6) is 0 Å². The summed E-state index contributed by atoms with van der Waals surface area (Å²) in [5.74, 6) is 0. The van der Waals surface area contributed by atoms with E-state index in [0.29, 0.717) is 0 Å². The largest absolute Gasteiger partial charge is 0.306 e. The van der Waals surface area contributed by atoms with Crippen molar-refractivity contribution >= 4 is 15.9 Å². The van der Waals surface area contributed by atoms with Gasteiger partial charge in [0.25, 0.3) is 0 Å². The van der Waals surface area contributed by atoms with Crippen LogP contribution in [0.15, 0.2) is 28.9 Å². The van der Waals surface area contributed by atoms with E-state index < -0.39 is 0 Å². The van der Waals surface area contributed by atoms with E-state index >= 15 is 0 Å². The van der Waals surface area contributed by atoms with Crippen molar-refractivity contribution in [3.05, 3.63) is 40.1 Å². The van der Waals surface area contributed by atoms with Gasteiger partial charge in [-0.1, -0.05) is 27.2 Å². The minimum absolute atomic E-state index is 0.0800. The summed E-state index contributed by atoms with van der Waals surface area (Å²) in [6, 6.07) is 6.15. The summed E-state index contributed by atoms with van der Waals surface area (Å²) in [7, 11) is 0. The molecule has 0 saturated heterocycles. The molecule has 5 heteroatoms. The van der Waals surface area contributed by atoms with Gasteiger partial charge in [0.2, 0.25) is 0 Å². The molecule has 0 radical (unpaired) electrons. The molecule has 4 nitrogen and oxygen atoms in total. The lowest BCUT2D eigenvalue weighted by Crippen LogP contribution is -2.35. The van der Waals surface area contributed by atoms with Crippen LogP contribution < -0.4 is 5.32 Å². The second kappa shape index (κ2) is 5.43. The molecule has 1 N–H and O–H groups in total. The molecule has 19 heavy (non-hydrogen) atoms. The van der Waals surface area contributed by atoms with E-state index in [9.17, 15) is 0 Å². The van der Waals surface area contributed by atoms with Crippen LogP contribution in [0.1, 0.15) is 32.0 Å². The van der Waals surface area contributed by atoms with Crippen molar-refractivity contribution in [3.8, 4) is 5.69 Å². The Morgan fingerprint density at radius 1 is 1.32 bits per heavy atom. The summed E-state index contributed by atoms with van der Waals surface area (Å²) in [6.45, 7) is 9.18. The average molecular weight is 323 g/mol. The van der Waals surface area contributed by atoms with Crippen molar-refractivity contribution in [2.24, 2.45) is 0 Å². The first-order valence-corrected chi connectivity index (χ1v) is 7.07. The molecule has 0 aliphatic heterocycles. The third-order valence-electron chi connectivity index (χ3n) is 2.76. The number of rotatable bonds is 3. The molecule has 1 aromatic carbocycles. The van der Waals surface area contributed by atoms with E-state index in [-0.39, 0.29) is 5.54 Å². The van der Waals surface area contributed by atoms with Gasteiger partial charge in [-0.05, 0) is 45.4 Å². The molecule has 1 heterocycles. The number of benzene rings is 1. The molecule has 102 valence electrons. The molecule has 0 fully saturated rings. The second-order valence-electron chi connectivity index (χ2n) is 5.69. The fourth-order valence-corrected chi connectivity index (χ4v) is 1.95. The van der Waals surface area contributed by atoms with Crippen LogP contribution in [0, 0.1) is 6.92 Å². The molecule has 0 atom stereocenters. The monoisotopic (exact) mass is 322 g/mol. The Morgan fingerprint density at radius 3 is 2.68 bits per heavy atom.